The number of carboxylic acid groups (broad SMARTS) is 2. The maximum Gasteiger partial charge on any atom is 0.353 e. The highest BCUT2D eigenvalue weighted by atomic mass is 16.5. The van der Waals surface area contributed by atoms with Crippen LogP contribution in [0, 0.1) is 0 Å². The normalized spacial score (nSPS) is 12.4. The van der Waals surface area contributed by atoms with Crippen LogP contribution < -0.4 is 5.32 Å². The number of hydrogen-bond donors (Lipinski definition) is 5. The second-order valence-electron chi connectivity index (χ2n) is 3.07. The molecule has 8 nitrogen and oxygen atoms in total. The van der Waals surface area contributed by atoms with Crippen LogP contribution in [0.25, 0.3) is 0 Å². The molecule has 17 heavy (non-hydrogen) atoms. The molecule has 0 heterocycles. The molecule has 0 aliphatic carbocycles. The largest absolute Gasteiger partial charge is 0.478 e. The zero-order valence-electron chi connectivity index (χ0n) is 8.80. The molecule has 0 aromatic heterocycles. The van der Waals surface area contributed by atoms with Crippen LogP contribution in [0.5, 0.6) is 0 Å². The van der Waals surface area contributed by atoms with Crippen LogP contribution in [-0.2, 0) is 14.4 Å². The molecule has 8 heteroatoms. The van der Waals surface area contributed by atoms with Crippen molar-refractivity contribution in [3.63, 3.8) is 0 Å². The first-order valence-corrected chi connectivity index (χ1v) is 4.20. The average Bonchev–Trinajstić information content (AvgIpc) is 2.13. The summed E-state index contributed by atoms with van der Waals surface area (Å²) in [5, 5.41) is 37.3. The molecule has 0 unspecified atom stereocenters. The molecule has 0 radical (unpaired) electrons. The zero-order chi connectivity index (χ0) is 13.8. The Morgan fingerprint density at radius 1 is 1.18 bits per heavy atom. The van der Waals surface area contributed by atoms with E-state index in [1.54, 1.807) is 5.32 Å². The highest BCUT2D eigenvalue weighted by molar-refractivity contribution is 6.03. The van der Waals surface area contributed by atoms with Gasteiger partial charge in [0.15, 0.2) is 5.79 Å². The Morgan fingerprint density at radius 2 is 1.65 bits per heavy atom. The zero-order valence-corrected chi connectivity index (χ0v) is 8.80. The molecule has 0 aliphatic heterocycles. The minimum atomic E-state index is -2.92. The van der Waals surface area contributed by atoms with E-state index in [0.717, 1.165) is 0 Å². The third-order valence-corrected chi connectivity index (χ3v) is 1.58. The van der Waals surface area contributed by atoms with Gasteiger partial charge in [0, 0.05) is 0 Å². The van der Waals surface area contributed by atoms with Crippen molar-refractivity contribution in [2.75, 3.05) is 0 Å². The Labute approximate surface area is 95.5 Å². The van der Waals surface area contributed by atoms with E-state index in [1.807, 2.05) is 0 Å². The standard InChI is InChI=1S/C9H11NO7/c1-3-4(11)10-6(8(14)15)5(7(12)13)9(2,16)17/h3,16-17H,1H2,2H3,(H,10,11)(H,12,13)(H,14,15). The lowest BCUT2D eigenvalue weighted by molar-refractivity contribution is -0.151. The summed E-state index contributed by atoms with van der Waals surface area (Å²) in [5.41, 5.74) is -2.41. The van der Waals surface area contributed by atoms with Crippen LogP contribution in [0.2, 0.25) is 0 Å². The van der Waals surface area contributed by atoms with E-state index < -0.39 is 34.9 Å². The summed E-state index contributed by atoms with van der Waals surface area (Å²) in [4.78, 5) is 32.4. The van der Waals surface area contributed by atoms with Crippen LogP contribution in [0.1, 0.15) is 6.92 Å². The fourth-order valence-electron chi connectivity index (χ4n) is 0.943. The van der Waals surface area contributed by atoms with E-state index in [0.29, 0.717) is 13.0 Å². The summed E-state index contributed by atoms with van der Waals surface area (Å²) in [5.74, 6) is -7.63. The molecule has 0 atom stereocenters. The number of hydrogen-bond acceptors (Lipinski definition) is 5. The van der Waals surface area contributed by atoms with Crippen LogP contribution in [0.4, 0.5) is 0 Å². The number of amides is 1. The molecule has 0 spiro atoms. The van der Waals surface area contributed by atoms with E-state index in [9.17, 15) is 14.4 Å². The van der Waals surface area contributed by atoms with E-state index in [-0.39, 0.29) is 0 Å². The predicted octanol–water partition coefficient (Wildman–Crippen LogP) is -1.59. The topological polar surface area (TPSA) is 144 Å². The Balaban J connectivity index is 5.78. The molecule has 0 aromatic carbocycles. The van der Waals surface area contributed by atoms with Crippen LogP contribution in [0.3, 0.4) is 0 Å². The highest BCUT2D eigenvalue weighted by Crippen LogP contribution is 2.16. The van der Waals surface area contributed by atoms with Gasteiger partial charge in [0.2, 0.25) is 5.91 Å². The van der Waals surface area contributed by atoms with Gasteiger partial charge in [-0.2, -0.15) is 0 Å². The van der Waals surface area contributed by atoms with Crippen molar-refractivity contribution < 1.29 is 34.8 Å². The van der Waals surface area contributed by atoms with Crippen LogP contribution in [0.15, 0.2) is 23.9 Å². The van der Waals surface area contributed by atoms with Crippen molar-refractivity contribution >= 4 is 17.8 Å². The summed E-state index contributed by atoms with van der Waals surface area (Å²) in [6.45, 7) is 3.69. The second kappa shape index (κ2) is 5.23. The number of nitrogens with one attached hydrogen (secondary N) is 1. The molecule has 0 fully saturated rings. The average molecular weight is 245 g/mol. The number of carbonyl (C=O) groups excluding carboxylic acids is 1. The number of rotatable bonds is 5. The smallest absolute Gasteiger partial charge is 0.353 e. The summed E-state index contributed by atoms with van der Waals surface area (Å²) in [6.07, 6.45) is 0.703. The van der Waals surface area contributed by atoms with Gasteiger partial charge in [-0.3, -0.25) is 4.79 Å². The Morgan fingerprint density at radius 3 is 1.88 bits per heavy atom. The second-order valence-corrected chi connectivity index (χ2v) is 3.07. The van der Waals surface area contributed by atoms with Gasteiger partial charge in [0.05, 0.1) is 0 Å². The third-order valence-electron chi connectivity index (χ3n) is 1.58. The highest BCUT2D eigenvalue weighted by Gasteiger charge is 2.35. The van der Waals surface area contributed by atoms with Crippen molar-refractivity contribution in [2.24, 2.45) is 0 Å². The SMILES string of the molecule is C=CC(=O)NC(C(=O)O)=C(C(=O)O)C(C)(O)O. The minimum Gasteiger partial charge on any atom is -0.478 e. The molecule has 94 valence electrons. The molecular weight excluding hydrogens is 234 g/mol. The third kappa shape index (κ3) is 4.05. The van der Waals surface area contributed by atoms with Crippen molar-refractivity contribution in [1.82, 2.24) is 5.32 Å². The lowest BCUT2D eigenvalue weighted by Crippen LogP contribution is -2.38. The maximum atomic E-state index is 10.9. The molecule has 0 saturated carbocycles. The van der Waals surface area contributed by atoms with E-state index in [2.05, 4.69) is 6.58 Å². The first-order chi connectivity index (χ1) is 7.61. The molecule has 0 bridgehead atoms. The number of aliphatic carboxylic acids is 2. The molecule has 0 aromatic rings. The Bertz CT molecular complexity index is 402. The van der Waals surface area contributed by atoms with Crippen molar-refractivity contribution in [3.05, 3.63) is 23.9 Å². The van der Waals surface area contributed by atoms with Crippen molar-refractivity contribution in [3.8, 4) is 0 Å². The summed E-state index contributed by atoms with van der Waals surface area (Å²) < 4.78 is 0. The minimum absolute atomic E-state index is 0.652. The quantitative estimate of drug-likeness (QED) is 0.290. The van der Waals surface area contributed by atoms with E-state index >= 15 is 0 Å². The lowest BCUT2D eigenvalue weighted by Gasteiger charge is -2.19. The van der Waals surface area contributed by atoms with Gasteiger partial charge in [-0.25, -0.2) is 9.59 Å². The van der Waals surface area contributed by atoms with Gasteiger partial charge in [-0.05, 0) is 13.0 Å². The molecule has 0 aliphatic rings. The van der Waals surface area contributed by atoms with Crippen LogP contribution >= 0.6 is 0 Å². The number of carbonyl (C=O) groups is 3. The van der Waals surface area contributed by atoms with Gasteiger partial charge in [0.25, 0.3) is 0 Å². The van der Waals surface area contributed by atoms with Gasteiger partial charge < -0.3 is 25.7 Å². The first-order valence-electron chi connectivity index (χ1n) is 4.20. The molecule has 5 N–H and O–H groups in total. The van der Waals surface area contributed by atoms with Gasteiger partial charge in [0.1, 0.15) is 11.3 Å². The van der Waals surface area contributed by atoms with Crippen LogP contribution in [-0.4, -0.2) is 44.1 Å². The summed E-state index contributed by atoms with van der Waals surface area (Å²) >= 11 is 0. The molecule has 0 rings (SSSR count). The van der Waals surface area contributed by atoms with E-state index in [4.69, 9.17) is 20.4 Å². The summed E-state index contributed by atoms with van der Waals surface area (Å²) in [6, 6.07) is 0. The lowest BCUT2D eigenvalue weighted by atomic mass is 10.1. The molecule has 1 amide bonds. The first kappa shape index (κ1) is 14.8. The Kier molecular flexibility index (Phi) is 4.56. The fourth-order valence-corrected chi connectivity index (χ4v) is 0.943. The Hall–Kier alpha value is -2.19. The molecular formula is C9H11NO7. The number of carboxylic acids is 2. The van der Waals surface area contributed by atoms with Gasteiger partial charge >= 0.3 is 11.9 Å². The molecule has 0 saturated heterocycles. The van der Waals surface area contributed by atoms with Gasteiger partial charge in [-0.15, -0.1) is 0 Å². The summed E-state index contributed by atoms with van der Waals surface area (Å²) in [7, 11) is 0. The van der Waals surface area contributed by atoms with Crippen molar-refractivity contribution in [1.29, 1.82) is 0 Å². The van der Waals surface area contributed by atoms with Crippen molar-refractivity contribution in [2.45, 2.75) is 12.7 Å². The van der Waals surface area contributed by atoms with Gasteiger partial charge in [-0.1, -0.05) is 6.58 Å². The fraction of sp³-hybridized carbons (Fsp3) is 0.222. The predicted molar refractivity (Wildman–Crippen MR) is 53.5 cm³/mol. The maximum absolute atomic E-state index is 10.9. The number of aliphatic hydroxyl groups is 2. The monoisotopic (exact) mass is 245 g/mol. The van der Waals surface area contributed by atoms with E-state index in [1.165, 1.54) is 0 Å².